The van der Waals surface area contributed by atoms with E-state index < -0.39 is 21.8 Å². The molecule has 5 nitrogen and oxygen atoms in total. The maximum atomic E-state index is 13.6. The molecule has 0 spiro atoms. The summed E-state index contributed by atoms with van der Waals surface area (Å²) >= 11 is 0. The van der Waals surface area contributed by atoms with Crippen molar-refractivity contribution in [2.45, 2.75) is 43.7 Å². The number of hydrogen-bond donors (Lipinski definition) is 2. The smallest absolute Gasteiger partial charge is 0.396 e. The van der Waals surface area contributed by atoms with Crippen molar-refractivity contribution in [2.75, 3.05) is 6.61 Å². The maximum Gasteiger partial charge on any atom is 0.417 e. The third-order valence-corrected chi connectivity index (χ3v) is 6.79. The molecule has 3 N–H and O–H groups in total. The Morgan fingerprint density at radius 2 is 1.69 bits per heavy atom. The van der Waals surface area contributed by atoms with E-state index >= 15 is 0 Å². The van der Waals surface area contributed by atoms with Gasteiger partial charge in [-0.3, -0.25) is 4.79 Å². The van der Waals surface area contributed by atoms with Gasteiger partial charge >= 0.3 is 6.18 Å². The first-order chi connectivity index (χ1) is 16.4. The molecule has 0 aromatic heterocycles. The molecule has 186 valence electrons. The standard InChI is InChI=1S/C26H26F3NO4S/c1-17-14-18(9-12-25(17)35(30,33)34)15-24(32)20-10-11-21(19(16-20)6-4-5-13-31)22-7-2-3-8-23(22)26(27,28)29/h2-3,7-12,14,16,31H,4-6,13,15H2,1H3,(H2,30,33,34). The number of nitrogens with two attached hydrogens (primary N) is 1. The molecule has 0 saturated carbocycles. The molecule has 9 heteroatoms. The number of carbonyl (C=O) groups excluding carboxylic acids is 1. The largest absolute Gasteiger partial charge is 0.417 e. The Kier molecular flexibility index (Phi) is 8.15. The van der Waals surface area contributed by atoms with Crippen LogP contribution in [0.15, 0.2) is 65.6 Å². The van der Waals surface area contributed by atoms with Crippen molar-refractivity contribution in [3.8, 4) is 11.1 Å². The summed E-state index contributed by atoms with van der Waals surface area (Å²) < 4.78 is 64.1. The molecule has 0 unspecified atom stereocenters. The molecule has 0 aliphatic rings. The second-order valence-electron chi connectivity index (χ2n) is 8.34. The third kappa shape index (κ3) is 6.56. The lowest BCUT2D eigenvalue weighted by Crippen LogP contribution is -2.14. The van der Waals surface area contributed by atoms with E-state index in [4.69, 9.17) is 10.2 Å². The van der Waals surface area contributed by atoms with E-state index in [1.807, 2.05) is 0 Å². The summed E-state index contributed by atoms with van der Waals surface area (Å²) in [4.78, 5) is 13.0. The summed E-state index contributed by atoms with van der Waals surface area (Å²) in [5.74, 6) is -0.258. The molecule has 0 amide bonds. The predicted molar refractivity (Wildman–Crippen MR) is 127 cm³/mol. The summed E-state index contributed by atoms with van der Waals surface area (Å²) in [6.07, 6.45) is -3.13. The number of aliphatic hydroxyl groups is 1. The number of alkyl halides is 3. The van der Waals surface area contributed by atoms with Crippen molar-refractivity contribution < 1.29 is 31.5 Å². The molecule has 0 radical (unpaired) electrons. The van der Waals surface area contributed by atoms with Crippen molar-refractivity contribution in [1.82, 2.24) is 0 Å². The van der Waals surface area contributed by atoms with Gasteiger partial charge in [0.15, 0.2) is 5.78 Å². The van der Waals surface area contributed by atoms with Gasteiger partial charge in [-0.2, -0.15) is 13.2 Å². The van der Waals surface area contributed by atoms with Crippen LogP contribution in [-0.2, 0) is 29.0 Å². The molecule has 0 aliphatic heterocycles. The van der Waals surface area contributed by atoms with E-state index in [9.17, 15) is 26.4 Å². The molecular weight excluding hydrogens is 479 g/mol. The van der Waals surface area contributed by atoms with Crippen molar-refractivity contribution in [2.24, 2.45) is 5.14 Å². The molecule has 35 heavy (non-hydrogen) atoms. The van der Waals surface area contributed by atoms with Gasteiger partial charge in [-0.05, 0) is 72.2 Å². The molecule has 3 rings (SSSR count). The summed E-state index contributed by atoms with van der Waals surface area (Å²) in [5.41, 5.74) is 1.60. The van der Waals surface area contributed by atoms with Gasteiger partial charge in [-0.25, -0.2) is 13.6 Å². The normalized spacial score (nSPS) is 12.1. The Bertz CT molecular complexity index is 1330. The van der Waals surface area contributed by atoms with E-state index in [0.717, 1.165) is 6.07 Å². The van der Waals surface area contributed by atoms with Gasteiger partial charge in [0.2, 0.25) is 10.0 Å². The Labute approximate surface area is 202 Å². The number of benzene rings is 3. The molecule has 0 bridgehead atoms. The highest BCUT2D eigenvalue weighted by Crippen LogP contribution is 2.38. The van der Waals surface area contributed by atoms with Crippen LogP contribution in [0.3, 0.4) is 0 Å². The predicted octanol–water partition coefficient (Wildman–Crippen LogP) is 5.07. The number of ketones is 1. The summed E-state index contributed by atoms with van der Waals surface area (Å²) in [5, 5.41) is 14.3. The molecule has 0 heterocycles. The van der Waals surface area contributed by atoms with Gasteiger partial charge in [0, 0.05) is 18.6 Å². The summed E-state index contributed by atoms with van der Waals surface area (Å²) in [6.45, 7) is 1.54. The van der Waals surface area contributed by atoms with Crippen molar-refractivity contribution in [3.05, 3.63) is 88.5 Å². The van der Waals surface area contributed by atoms with Gasteiger partial charge in [-0.1, -0.05) is 42.5 Å². The summed E-state index contributed by atoms with van der Waals surface area (Å²) in [6, 6.07) is 14.4. The zero-order valence-corrected chi connectivity index (χ0v) is 19.9. The van der Waals surface area contributed by atoms with Gasteiger partial charge in [0.25, 0.3) is 0 Å². The van der Waals surface area contributed by atoms with E-state index in [1.165, 1.54) is 42.5 Å². The monoisotopic (exact) mass is 505 g/mol. The Morgan fingerprint density at radius 3 is 2.31 bits per heavy atom. The lowest BCUT2D eigenvalue weighted by Gasteiger charge is -2.17. The van der Waals surface area contributed by atoms with Crippen molar-refractivity contribution in [1.29, 1.82) is 0 Å². The fourth-order valence-corrected chi connectivity index (χ4v) is 4.82. The van der Waals surface area contributed by atoms with Crippen LogP contribution in [0.4, 0.5) is 13.2 Å². The van der Waals surface area contributed by atoms with Gasteiger partial charge in [0.1, 0.15) is 0 Å². The van der Waals surface area contributed by atoms with Crippen molar-refractivity contribution >= 4 is 15.8 Å². The zero-order valence-electron chi connectivity index (χ0n) is 19.1. The number of hydrogen-bond acceptors (Lipinski definition) is 4. The van der Waals surface area contributed by atoms with E-state index in [0.29, 0.717) is 47.1 Å². The average Bonchev–Trinajstić information content (AvgIpc) is 2.78. The van der Waals surface area contributed by atoms with Crippen LogP contribution in [0.5, 0.6) is 0 Å². The van der Waals surface area contributed by atoms with Crippen LogP contribution in [0.25, 0.3) is 11.1 Å². The molecule has 0 atom stereocenters. The first-order valence-corrected chi connectivity index (χ1v) is 12.5. The lowest BCUT2D eigenvalue weighted by atomic mass is 9.90. The van der Waals surface area contributed by atoms with Crippen LogP contribution in [0.2, 0.25) is 0 Å². The van der Waals surface area contributed by atoms with Gasteiger partial charge < -0.3 is 5.11 Å². The number of Topliss-reactive ketones (excluding diaryl/α,β-unsaturated/α-hetero) is 1. The first kappa shape index (κ1) is 26.6. The fourth-order valence-electron chi connectivity index (χ4n) is 4.06. The minimum Gasteiger partial charge on any atom is -0.396 e. The van der Waals surface area contributed by atoms with Crippen molar-refractivity contribution in [3.63, 3.8) is 0 Å². The zero-order chi connectivity index (χ0) is 25.8. The molecule has 0 aliphatic carbocycles. The molecular formula is C26H26F3NO4S. The molecule has 0 fully saturated rings. The van der Waals surface area contributed by atoms with Crippen LogP contribution < -0.4 is 5.14 Å². The van der Waals surface area contributed by atoms with Crippen LogP contribution in [-0.4, -0.2) is 25.9 Å². The number of halogens is 3. The molecule has 0 saturated heterocycles. The quantitative estimate of drug-likeness (QED) is 0.313. The van der Waals surface area contributed by atoms with E-state index in [2.05, 4.69) is 0 Å². The number of unbranched alkanes of at least 4 members (excludes halogenated alkanes) is 1. The Morgan fingerprint density at radius 1 is 0.971 bits per heavy atom. The Hall–Kier alpha value is -3.01. The minimum absolute atomic E-state index is 0.0136. The number of sulfonamides is 1. The second kappa shape index (κ2) is 10.7. The maximum absolute atomic E-state index is 13.6. The highest BCUT2D eigenvalue weighted by molar-refractivity contribution is 7.89. The van der Waals surface area contributed by atoms with E-state index in [-0.39, 0.29) is 29.3 Å². The third-order valence-electron chi connectivity index (χ3n) is 5.71. The van der Waals surface area contributed by atoms with Crippen LogP contribution in [0.1, 0.15) is 45.5 Å². The number of aliphatic hydroxyl groups excluding tert-OH is 1. The molecule has 3 aromatic rings. The fraction of sp³-hybridized carbons (Fsp3) is 0.269. The van der Waals surface area contributed by atoms with Crippen LogP contribution >= 0.6 is 0 Å². The Balaban J connectivity index is 1.97. The average molecular weight is 506 g/mol. The molecule has 3 aromatic carbocycles. The minimum atomic E-state index is -4.53. The van der Waals surface area contributed by atoms with Gasteiger partial charge in [-0.15, -0.1) is 0 Å². The highest BCUT2D eigenvalue weighted by Gasteiger charge is 2.33. The summed E-state index contributed by atoms with van der Waals surface area (Å²) in [7, 11) is -3.88. The van der Waals surface area contributed by atoms with E-state index in [1.54, 1.807) is 19.1 Å². The second-order valence-corrected chi connectivity index (χ2v) is 9.87. The number of carbonyl (C=O) groups is 1. The van der Waals surface area contributed by atoms with Gasteiger partial charge in [0.05, 0.1) is 10.5 Å². The first-order valence-electron chi connectivity index (χ1n) is 11.0. The lowest BCUT2D eigenvalue weighted by molar-refractivity contribution is -0.137. The van der Waals surface area contributed by atoms with Crippen LogP contribution in [0, 0.1) is 6.92 Å². The number of rotatable bonds is 9. The highest BCUT2D eigenvalue weighted by atomic mass is 32.2. The topological polar surface area (TPSA) is 97.5 Å². The number of aryl methyl sites for hydroxylation is 2. The number of primary sulfonamides is 1. The SMILES string of the molecule is Cc1cc(CC(=O)c2ccc(-c3ccccc3C(F)(F)F)c(CCCCO)c2)ccc1S(N)(=O)=O.